The summed E-state index contributed by atoms with van der Waals surface area (Å²) < 4.78 is 5.64. The lowest BCUT2D eigenvalue weighted by atomic mass is 10.1. The average molecular weight is 261 g/mol. The molecule has 102 valence electrons. The maximum absolute atomic E-state index is 12.1. The molecule has 0 N–H and O–H groups in total. The van der Waals surface area contributed by atoms with Crippen LogP contribution in [-0.2, 0) is 4.79 Å². The lowest BCUT2D eigenvalue weighted by Gasteiger charge is -2.21. The lowest BCUT2D eigenvalue weighted by Crippen LogP contribution is -2.38. The van der Waals surface area contributed by atoms with Crippen molar-refractivity contribution >= 4 is 11.7 Å². The van der Waals surface area contributed by atoms with Crippen LogP contribution in [0.15, 0.2) is 24.3 Å². The third kappa shape index (κ3) is 3.34. The Kier molecular flexibility index (Phi) is 4.20. The number of hydrogen-bond acceptors (Lipinski definition) is 3. The van der Waals surface area contributed by atoms with Crippen LogP contribution in [0.1, 0.15) is 37.0 Å². The molecule has 1 heterocycles. The van der Waals surface area contributed by atoms with E-state index in [1.54, 1.807) is 31.2 Å². The van der Waals surface area contributed by atoms with Gasteiger partial charge in [-0.1, -0.05) is 12.1 Å². The summed E-state index contributed by atoms with van der Waals surface area (Å²) >= 11 is 0. The van der Waals surface area contributed by atoms with Crippen LogP contribution < -0.4 is 4.74 Å². The summed E-state index contributed by atoms with van der Waals surface area (Å²) in [6.07, 6.45) is 1.62. The van der Waals surface area contributed by atoms with Gasteiger partial charge in [0.05, 0.1) is 0 Å². The molecule has 0 saturated carbocycles. The Labute approximate surface area is 113 Å². The zero-order valence-electron chi connectivity index (χ0n) is 11.4. The van der Waals surface area contributed by atoms with Crippen LogP contribution in [0.2, 0.25) is 0 Å². The molecule has 4 nitrogen and oxygen atoms in total. The Balaban J connectivity index is 2.01. The van der Waals surface area contributed by atoms with Gasteiger partial charge >= 0.3 is 0 Å². The SMILES string of the molecule is CC(=O)c1cccc(OC(C)C(=O)N2CCCC2)c1. The summed E-state index contributed by atoms with van der Waals surface area (Å²) in [5.41, 5.74) is 0.596. The van der Waals surface area contributed by atoms with Crippen molar-refractivity contribution in [1.82, 2.24) is 4.90 Å². The predicted octanol–water partition coefficient (Wildman–Crippen LogP) is 2.28. The maximum atomic E-state index is 12.1. The number of rotatable bonds is 4. The summed E-state index contributed by atoms with van der Waals surface area (Å²) in [5.74, 6) is 0.572. The van der Waals surface area contributed by atoms with Crippen molar-refractivity contribution in [2.75, 3.05) is 13.1 Å². The second kappa shape index (κ2) is 5.87. The van der Waals surface area contributed by atoms with Gasteiger partial charge in [0, 0.05) is 18.7 Å². The van der Waals surface area contributed by atoms with Gasteiger partial charge < -0.3 is 9.64 Å². The molecule has 2 rings (SSSR count). The first-order chi connectivity index (χ1) is 9.08. The van der Waals surface area contributed by atoms with E-state index >= 15 is 0 Å². The van der Waals surface area contributed by atoms with Crippen molar-refractivity contribution in [2.45, 2.75) is 32.8 Å². The van der Waals surface area contributed by atoms with Gasteiger partial charge in [-0.15, -0.1) is 0 Å². The topological polar surface area (TPSA) is 46.6 Å². The van der Waals surface area contributed by atoms with Crippen LogP contribution in [0, 0.1) is 0 Å². The number of ether oxygens (including phenoxy) is 1. The molecular weight excluding hydrogens is 242 g/mol. The minimum atomic E-state index is -0.514. The van der Waals surface area contributed by atoms with Crippen LogP contribution in [0.25, 0.3) is 0 Å². The fourth-order valence-electron chi connectivity index (χ4n) is 2.24. The zero-order chi connectivity index (χ0) is 13.8. The van der Waals surface area contributed by atoms with Crippen molar-refractivity contribution in [3.05, 3.63) is 29.8 Å². The normalized spacial score (nSPS) is 16.2. The van der Waals surface area contributed by atoms with Crippen LogP contribution in [0.4, 0.5) is 0 Å². The largest absolute Gasteiger partial charge is 0.481 e. The van der Waals surface area contributed by atoms with E-state index in [9.17, 15) is 9.59 Å². The molecule has 0 bridgehead atoms. The first-order valence-corrected chi connectivity index (χ1v) is 6.64. The van der Waals surface area contributed by atoms with Gasteiger partial charge in [0.15, 0.2) is 11.9 Å². The summed E-state index contributed by atoms with van der Waals surface area (Å²) in [4.78, 5) is 25.2. The highest BCUT2D eigenvalue weighted by molar-refractivity contribution is 5.94. The highest BCUT2D eigenvalue weighted by atomic mass is 16.5. The van der Waals surface area contributed by atoms with Crippen molar-refractivity contribution in [1.29, 1.82) is 0 Å². The maximum Gasteiger partial charge on any atom is 0.263 e. The molecule has 1 unspecified atom stereocenters. The van der Waals surface area contributed by atoms with E-state index in [1.807, 2.05) is 4.90 Å². The molecule has 1 aromatic carbocycles. The van der Waals surface area contributed by atoms with Crippen molar-refractivity contribution in [3.63, 3.8) is 0 Å². The fraction of sp³-hybridized carbons (Fsp3) is 0.467. The molecule has 4 heteroatoms. The molecule has 1 aliphatic heterocycles. The molecule has 19 heavy (non-hydrogen) atoms. The van der Waals surface area contributed by atoms with Crippen LogP contribution in [0.5, 0.6) is 5.75 Å². The summed E-state index contributed by atoms with van der Waals surface area (Å²) in [5, 5.41) is 0. The molecule has 1 atom stereocenters. The molecule has 1 aliphatic rings. The molecule has 0 aromatic heterocycles. The van der Waals surface area contributed by atoms with E-state index in [4.69, 9.17) is 4.74 Å². The molecule has 1 fully saturated rings. The number of carbonyl (C=O) groups excluding carboxylic acids is 2. The Morgan fingerprint density at radius 1 is 1.26 bits per heavy atom. The molecule has 1 amide bonds. The third-order valence-corrected chi connectivity index (χ3v) is 3.32. The van der Waals surface area contributed by atoms with Crippen molar-refractivity contribution < 1.29 is 14.3 Å². The van der Waals surface area contributed by atoms with Gasteiger partial charge in [-0.05, 0) is 38.8 Å². The highest BCUT2D eigenvalue weighted by Crippen LogP contribution is 2.17. The number of carbonyl (C=O) groups is 2. The van der Waals surface area contributed by atoms with E-state index in [2.05, 4.69) is 0 Å². The lowest BCUT2D eigenvalue weighted by molar-refractivity contribution is -0.136. The van der Waals surface area contributed by atoms with Gasteiger partial charge in [-0.3, -0.25) is 9.59 Å². The average Bonchev–Trinajstić information content (AvgIpc) is 2.92. The number of amides is 1. The molecule has 0 aliphatic carbocycles. The minimum Gasteiger partial charge on any atom is -0.481 e. The number of hydrogen-bond donors (Lipinski definition) is 0. The smallest absolute Gasteiger partial charge is 0.263 e. The number of likely N-dealkylation sites (tertiary alicyclic amines) is 1. The van der Waals surface area contributed by atoms with Crippen molar-refractivity contribution in [3.8, 4) is 5.75 Å². The number of nitrogens with zero attached hydrogens (tertiary/aromatic N) is 1. The summed E-state index contributed by atoms with van der Waals surface area (Å²) in [7, 11) is 0. The first-order valence-electron chi connectivity index (χ1n) is 6.64. The minimum absolute atomic E-state index is 0.0102. The molecular formula is C15H19NO3. The summed E-state index contributed by atoms with van der Waals surface area (Å²) in [6, 6.07) is 6.94. The number of benzene rings is 1. The van der Waals surface area contributed by atoms with Gasteiger partial charge in [0.1, 0.15) is 5.75 Å². The van der Waals surface area contributed by atoms with E-state index in [1.165, 1.54) is 6.92 Å². The van der Waals surface area contributed by atoms with E-state index in [0.717, 1.165) is 25.9 Å². The quantitative estimate of drug-likeness (QED) is 0.781. The van der Waals surface area contributed by atoms with Crippen LogP contribution in [-0.4, -0.2) is 35.8 Å². The Morgan fingerprint density at radius 2 is 1.95 bits per heavy atom. The second-order valence-corrected chi connectivity index (χ2v) is 4.88. The third-order valence-electron chi connectivity index (χ3n) is 3.32. The number of ketones is 1. The highest BCUT2D eigenvalue weighted by Gasteiger charge is 2.24. The zero-order valence-corrected chi connectivity index (χ0v) is 11.4. The van der Waals surface area contributed by atoms with Gasteiger partial charge in [-0.2, -0.15) is 0 Å². The Hall–Kier alpha value is -1.84. The van der Waals surface area contributed by atoms with Crippen LogP contribution >= 0.6 is 0 Å². The standard InChI is InChI=1S/C15H19NO3/c1-11(17)13-6-5-7-14(10-13)19-12(2)15(18)16-8-3-4-9-16/h5-7,10,12H,3-4,8-9H2,1-2H3. The summed E-state index contributed by atoms with van der Waals surface area (Å²) in [6.45, 7) is 4.90. The Morgan fingerprint density at radius 3 is 2.58 bits per heavy atom. The first kappa shape index (κ1) is 13.6. The fourth-order valence-corrected chi connectivity index (χ4v) is 2.24. The number of Topliss-reactive ketones (excluding diaryl/α,β-unsaturated/α-hetero) is 1. The molecule has 1 saturated heterocycles. The monoisotopic (exact) mass is 261 g/mol. The van der Waals surface area contributed by atoms with E-state index in [-0.39, 0.29) is 11.7 Å². The van der Waals surface area contributed by atoms with Gasteiger partial charge in [0.2, 0.25) is 0 Å². The van der Waals surface area contributed by atoms with E-state index < -0.39 is 6.10 Å². The molecule has 0 radical (unpaired) electrons. The van der Waals surface area contributed by atoms with Gasteiger partial charge in [0.25, 0.3) is 5.91 Å². The Bertz CT molecular complexity index is 478. The second-order valence-electron chi connectivity index (χ2n) is 4.88. The van der Waals surface area contributed by atoms with Gasteiger partial charge in [-0.25, -0.2) is 0 Å². The van der Waals surface area contributed by atoms with E-state index in [0.29, 0.717) is 11.3 Å². The van der Waals surface area contributed by atoms with Crippen molar-refractivity contribution in [2.24, 2.45) is 0 Å². The van der Waals surface area contributed by atoms with Crippen LogP contribution in [0.3, 0.4) is 0 Å². The molecule has 0 spiro atoms. The predicted molar refractivity (Wildman–Crippen MR) is 72.4 cm³/mol. The molecule has 1 aromatic rings.